The number of aliphatic carboxylic acids is 1. The van der Waals surface area contributed by atoms with Crippen LogP contribution in [-0.2, 0) is 14.3 Å². The Kier molecular flexibility index (Phi) is 6.11. The lowest BCUT2D eigenvalue weighted by molar-refractivity contribution is -0.146. The van der Waals surface area contributed by atoms with Crippen LogP contribution in [0.15, 0.2) is 66.7 Å². The summed E-state index contributed by atoms with van der Waals surface area (Å²) in [6, 6.07) is 18.0. The number of para-hydroxylation sites is 1. The van der Waals surface area contributed by atoms with Gasteiger partial charge in [-0.15, -0.1) is 0 Å². The molecule has 1 saturated carbocycles. The van der Waals surface area contributed by atoms with E-state index in [9.17, 15) is 24.3 Å². The molecule has 0 spiro atoms. The summed E-state index contributed by atoms with van der Waals surface area (Å²) >= 11 is 0. The Balaban J connectivity index is 1.96. The number of rotatable bonds is 8. The fraction of sp³-hybridized carbons (Fsp3) is 0.292. The van der Waals surface area contributed by atoms with Gasteiger partial charge in [0.15, 0.2) is 0 Å². The second kappa shape index (κ2) is 8.60. The maximum atomic E-state index is 12.4. The molecule has 3 atom stereocenters. The molecule has 31 heavy (non-hydrogen) atoms. The summed E-state index contributed by atoms with van der Waals surface area (Å²) in [7, 11) is 0. The zero-order valence-electron chi connectivity index (χ0n) is 17.1. The summed E-state index contributed by atoms with van der Waals surface area (Å²) in [5.74, 6) is -2.61. The molecule has 0 aromatic heterocycles. The van der Waals surface area contributed by atoms with E-state index < -0.39 is 41.5 Å². The number of alkyl halides is 1. The molecule has 0 radical (unpaired) electrons. The third-order valence-electron chi connectivity index (χ3n) is 5.98. The Morgan fingerprint density at radius 3 is 2.48 bits per heavy atom. The number of allylic oxidation sites excluding steroid dienone is 1. The minimum atomic E-state index is -1.47. The van der Waals surface area contributed by atoms with E-state index in [2.05, 4.69) is 10.8 Å². The Morgan fingerprint density at radius 1 is 1.19 bits per heavy atom. The van der Waals surface area contributed by atoms with Crippen LogP contribution in [0.4, 0.5) is 4.39 Å². The second-order valence-electron chi connectivity index (χ2n) is 7.85. The molecule has 7 heteroatoms. The van der Waals surface area contributed by atoms with Crippen LogP contribution in [0.1, 0.15) is 25.3 Å². The summed E-state index contributed by atoms with van der Waals surface area (Å²) in [5.41, 5.74) is -1.81. The number of esters is 1. The summed E-state index contributed by atoms with van der Waals surface area (Å²) in [6.07, 6.45) is 2.40. The van der Waals surface area contributed by atoms with Gasteiger partial charge in [0.2, 0.25) is 6.86 Å². The van der Waals surface area contributed by atoms with E-state index in [-0.39, 0.29) is 0 Å². The Morgan fingerprint density at radius 2 is 1.87 bits per heavy atom. The van der Waals surface area contributed by atoms with E-state index >= 15 is 0 Å². The maximum absolute atomic E-state index is 12.4. The molecule has 160 valence electrons. The lowest BCUT2D eigenvalue weighted by Crippen LogP contribution is -2.28. The number of nitriles is 1. The molecule has 1 aliphatic carbocycles. The molecule has 1 N–H and O–H groups in total. The van der Waals surface area contributed by atoms with Gasteiger partial charge in [-0.25, -0.2) is 9.18 Å². The van der Waals surface area contributed by atoms with Gasteiger partial charge in [-0.2, -0.15) is 5.26 Å². The fourth-order valence-electron chi connectivity index (χ4n) is 4.41. The summed E-state index contributed by atoms with van der Waals surface area (Å²) in [5, 5.41) is 20.1. The van der Waals surface area contributed by atoms with Crippen LogP contribution in [0.2, 0.25) is 0 Å². The Hall–Kier alpha value is -3.66. The van der Waals surface area contributed by atoms with Crippen LogP contribution in [0.3, 0.4) is 0 Å². The highest BCUT2D eigenvalue weighted by atomic mass is 19.1. The molecule has 0 bridgehead atoms. The van der Waals surface area contributed by atoms with Crippen molar-refractivity contribution in [3.05, 3.63) is 72.3 Å². The number of carboxylic acid groups (broad SMARTS) is 1. The van der Waals surface area contributed by atoms with E-state index in [4.69, 9.17) is 4.74 Å². The third kappa shape index (κ3) is 3.89. The molecular formula is C24H22FNO5. The first kappa shape index (κ1) is 22.0. The predicted octanol–water partition coefficient (Wildman–Crippen LogP) is 4.84. The largest absolute Gasteiger partial charge is 0.481 e. The first-order chi connectivity index (χ1) is 14.8. The van der Waals surface area contributed by atoms with Gasteiger partial charge in [0, 0.05) is 12.0 Å². The molecule has 6 nitrogen and oxygen atoms in total. The number of hydrogen-bond donors (Lipinski definition) is 1. The van der Waals surface area contributed by atoms with Crippen molar-refractivity contribution in [1.29, 1.82) is 5.26 Å². The number of carbonyl (C=O) groups excluding carboxylic acids is 1. The van der Waals surface area contributed by atoms with Crippen molar-refractivity contribution in [3.8, 4) is 17.6 Å². The molecule has 1 fully saturated rings. The highest BCUT2D eigenvalue weighted by Crippen LogP contribution is 2.75. The predicted molar refractivity (Wildman–Crippen MR) is 110 cm³/mol. The van der Waals surface area contributed by atoms with Gasteiger partial charge in [-0.1, -0.05) is 50.3 Å². The van der Waals surface area contributed by atoms with Crippen LogP contribution in [0.5, 0.6) is 11.5 Å². The molecule has 2 aromatic rings. The van der Waals surface area contributed by atoms with Crippen molar-refractivity contribution in [2.45, 2.75) is 19.8 Å². The van der Waals surface area contributed by atoms with Gasteiger partial charge in [0.05, 0.1) is 12.0 Å². The number of halogens is 1. The lowest BCUT2D eigenvalue weighted by atomic mass is 9.78. The zero-order valence-corrected chi connectivity index (χ0v) is 17.1. The lowest BCUT2D eigenvalue weighted by Gasteiger charge is -2.22. The second-order valence-corrected chi connectivity index (χ2v) is 7.85. The number of ether oxygens (including phenoxy) is 2. The van der Waals surface area contributed by atoms with E-state index in [1.54, 1.807) is 50.2 Å². The molecule has 0 saturated heterocycles. The van der Waals surface area contributed by atoms with Crippen molar-refractivity contribution < 1.29 is 28.6 Å². The van der Waals surface area contributed by atoms with Gasteiger partial charge < -0.3 is 14.6 Å². The minimum Gasteiger partial charge on any atom is -0.481 e. The Bertz CT molecular complexity index is 1040. The third-order valence-corrected chi connectivity index (χ3v) is 5.98. The molecule has 1 aliphatic rings. The topological polar surface area (TPSA) is 96.6 Å². The average molecular weight is 423 g/mol. The van der Waals surface area contributed by atoms with E-state index in [1.165, 1.54) is 6.08 Å². The monoisotopic (exact) mass is 423 g/mol. The minimum absolute atomic E-state index is 0.474. The van der Waals surface area contributed by atoms with Crippen LogP contribution >= 0.6 is 0 Å². The van der Waals surface area contributed by atoms with Gasteiger partial charge in [0.25, 0.3) is 0 Å². The van der Waals surface area contributed by atoms with Crippen molar-refractivity contribution >= 4 is 11.9 Å². The summed E-state index contributed by atoms with van der Waals surface area (Å²) < 4.78 is 22.3. The summed E-state index contributed by atoms with van der Waals surface area (Å²) in [6.45, 7) is 2.19. The number of carbonyl (C=O) groups is 2. The van der Waals surface area contributed by atoms with E-state index in [1.807, 2.05) is 18.2 Å². The number of benzene rings is 2. The van der Waals surface area contributed by atoms with Gasteiger partial charge in [0.1, 0.15) is 16.9 Å². The van der Waals surface area contributed by atoms with E-state index in [0.717, 1.165) is 6.08 Å². The molecule has 0 aliphatic heterocycles. The smallest absolute Gasteiger partial charge is 0.332 e. The van der Waals surface area contributed by atoms with Crippen molar-refractivity contribution in [2.75, 3.05) is 6.86 Å². The van der Waals surface area contributed by atoms with Gasteiger partial charge in [-0.3, -0.25) is 4.79 Å². The number of carboxylic acids is 1. The first-order valence-electron chi connectivity index (χ1n) is 9.65. The van der Waals surface area contributed by atoms with Crippen molar-refractivity contribution in [3.63, 3.8) is 0 Å². The highest BCUT2D eigenvalue weighted by Gasteiger charge is 2.78. The SMILES string of the molecule is CC1(C)[C@H](/C=C\C(=O)OCF)[C@@]1(C(=O)O)[C@@H](C#N)c1cccc(Oc2ccccc2)c1. The van der Waals surface area contributed by atoms with Crippen LogP contribution < -0.4 is 4.74 Å². The summed E-state index contributed by atoms with van der Waals surface area (Å²) in [4.78, 5) is 24.0. The van der Waals surface area contributed by atoms with Crippen molar-refractivity contribution in [1.82, 2.24) is 0 Å². The molecule has 0 heterocycles. The Labute approximate surface area is 179 Å². The molecular weight excluding hydrogens is 401 g/mol. The van der Waals surface area contributed by atoms with Gasteiger partial charge >= 0.3 is 11.9 Å². The first-order valence-corrected chi connectivity index (χ1v) is 9.65. The highest BCUT2D eigenvalue weighted by molar-refractivity contribution is 5.86. The number of hydrogen-bond acceptors (Lipinski definition) is 5. The normalized spacial score (nSPS) is 22.3. The van der Waals surface area contributed by atoms with Gasteiger partial charge in [-0.05, 0) is 35.2 Å². The quantitative estimate of drug-likeness (QED) is 0.482. The zero-order chi connectivity index (χ0) is 22.6. The number of nitrogens with zero attached hydrogens (tertiary/aromatic N) is 1. The molecule has 2 aromatic carbocycles. The van der Waals surface area contributed by atoms with Crippen LogP contribution in [0, 0.1) is 28.1 Å². The molecule has 3 rings (SSSR count). The average Bonchev–Trinajstić information content (AvgIpc) is 3.24. The molecule has 0 unspecified atom stereocenters. The maximum Gasteiger partial charge on any atom is 0.332 e. The van der Waals surface area contributed by atoms with Crippen LogP contribution in [0.25, 0.3) is 0 Å². The standard InChI is InChI=1S/C24H22FNO5/c1-23(2)20(11-12-21(27)30-15-25)24(23,22(28)29)19(14-26)16-7-6-10-18(13-16)31-17-8-4-3-5-9-17/h3-13,19-20H,15H2,1-2H3,(H,28,29)/b12-11-/t19-,20-,24+/m0/s1. The molecule has 0 amide bonds. The fourth-order valence-corrected chi connectivity index (χ4v) is 4.41. The van der Waals surface area contributed by atoms with E-state index in [0.29, 0.717) is 17.1 Å². The van der Waals surface area contributed by atoms with Crippen molar-refractivity contribution in [2.24, 2.45) is 16.7 Å². The van der Waals surface area contributed by atoms with Crippen LogP contribution in [-0.4, -0.2) is 23.9 Å².